The van der Waals surface area contributed by atoms with Gasteiger partial charge in [0, 0.05) is 20.6 Å². The summed E-state index contributed by atoms with van der Waals surface area (Å²) in [7, 11) is 0. The predicted molar refractivity (Wildman–Crippen MR) is 116 cm³/mol. The molecule has 0 radical (unpaired) electrons. The topological polar surface area (TPSA) is 44.7 Å². The van der Waals surface area contributed by atoms with Gasteiger partial charge in [-0.2, -0.15) is 5.10 Å². The van der Waals surface area contributed by atoms with Gasteiger partial charge in [0.1, 0.15) is 6.54 Å². The first-order valence-electron chi connectivity index (χ1n) is 8.44. The van der Waals surface area contributed by atoms with Crippen molar-refractivity contribution in [2.75, 3.05) is 18.4 Å². The molecule has 0 spiro atoms. The molecule has 0 aromatic heterocycles. The molecule has 0 saturated heterocycles. The molecular weight excluding hydrogens is 401 g/mol. The first-order chi connectivity index (χ1) is 12.8. The van der Waals surface area contributed by atoms with Gasteiger partial charge >= 0.3 is 0 Å². The summed E-state index contributed by atoms with van der Waals surface area (Å²) in [6.07, 6.45) is 0. The Kier molecular flexibility index (Phi) is 5.84. The lowest BCUT2D eigenvalue weighted by molar-refractivity contribution is -0.117. The Morgan fingerprint density at radius 1 is 1.15 bits per heavy atom. The Bertz CT molecular complexity index is 896. The molecule has 3 rings (SSSR count). The zero-order chi connectivity index (χ0) is 19.6. The van der Waals surface area contributed by atoms with E-state index in [0.29, 0.717) is 22.3 Å². The molecule has 2 aromatic rings. The first kappa shape index (κ1) is 19.8. The van der Waals surface area contributed by atoms with Gasteiger partial charge in [-0.05, 0) is 55.8 Å². The Morgan fingerprint density at radius 3 is 2.26 bits per heavy atom. The van der Waals surface area contributed by atoms with Gasteiger partial charge < -0.3 is 5.32 Å². The lowest BCUT2D eigenvalue weighted by atomic mass is 9.80. The molecule has 7 heteroatoms. The number of hydrogen-bond acceptors (Lipinski definition) is 4. The van der Waals surface area contributed by atoms with Crippen LogP contribution in [0.3, 0.4) is 0 Å². The Labute approximate surface area is 174 Å². The Hall–Kier alpha value is -1.95. The van der Waals surface area contributed by atoms with Crippen molar-refractivity contribution < 1.29 is 4.79 Å². The third kappa shape index (κ3) is 4.49. The number of nitrogens with zero attached hydrogens (tertiary/aromatic N) is 2. The van der Waals surface area contributed by atoms with Crippen LogP contribution in [0.5, 0.6) is 0 Å². The van der Waals surface area contributed by atoms with Crippen LogP contribution < -0.4 is 5.32 Å². The van der Waals surface area contributed by atoms with E-state index in [9.17, 15) is 4.79 Å². The molecule has 0 bridgehead atoms. The monoisotopic (exact) mass is 419 g/mol. The SMILES string of the molecule is CC(=S)C1(C)CN(CC(=O)Nc2ccc(Cl)cc2)N=C1c1ccc(Cl)cc1. The van der Waals surface area contributed by atoms with Gasteiger partial charge in [-0.1, -0.05) is 47.6 Å². The maximum atomic E-state index is 12.4. The van der Waals surface area contributed by atoms with Crippen molar-refractivity contribution in [3.05, 3.63) is 64.1 Å². The van der Waals surface area contributed by atoms with Gasteiger partial charge in [-0.3, -0.25) is 9.80 Å². The maximum Gasteiger partial charge on any atom is 0.245 e. The van der Waals surface area contributed by atoms with Crippen molar-refractivity contribution in [2.24, 2.45) is 10.5 Å². The quantitative estimate of drug-likeness (QED) is 0.689. The molecule has 0 aliphatic carbocycles. The molecule has 1 aliphatic rings. The van der Waals surface area contributed by atoms with E-state index in [0.717, 1.165) is 16.1 Å². The van der Waals surface area contributed by atoms with E-state index in [4.69, 9.17) is 40.5 Å². The molecule has 0 fully saturated rings. The van der Waals surface area contributed by atoms with Crippen LogP contribution in [-0.2, 0) is 4.79 Å². The average Bonchev–Trinajstić information content (AvgIpc) is 2.95. The zero-order valence-corrected chi connectivity index (χ0v) is 17.3. The summed E-state index contributed by atoms with van der Waals surface area (Å²) in [5.74, 6) is -0.150. The number of thiocarbonyl (C=S) groups is 1. The van der Waals surface area contributed by atoms with Crippen molar-refractivity contribution in [3.8, 4) is 0 Å². The summed E-state index contributed by atoms with van der Waals surface area (Å²) in [5.41, 5.74) is 2.08. The lowest BCUT2D eigenvalue weighted by Gasteiger charge is -2.25. The number of benzene rings is 2. The van der Waals surface area contributed by atoms with E-state index in [-0.39, 0.29) is 12.5 Å². The molecule has 27 heavy (non-hydrogen) atoms. The Balaban J connectivity index is 1.78. The Morgan fingerprint density at radius 2 is 1.70 bits per heavy atom. The highest BCUT2D eigenvalue weighted by Crippen LogP contribution is 2.33. The molecule has 1 heterocycles. The number of hydrazone groups is 1. The minimum Gasteiger partial charge on any atom is -0.324 e. The summed E-state index contributed by atoms with van der Waals surface area (Å²) in [6.45, 7) is 4.66. The molecule has 1 N–H and O–H groups in total. The number of halogens is 2. The molecule has 4 nitrogen and oxygen atoms in total. The zero-order valence-electron chi connectivity index (χ0n) is 15.0. The van der Waals surface area contributed by atoms with Crippen molar-refractivity contribution in [1.82, 2.24) is 5.01 Å². The van der Waals surface area contributed by atoms with Crippen LogP contribution >= 0.6 is 35.4 Å². The molecule has 2 aromatic carbocycles. The number of amides is 1. The fraction of sp³-hybridized carbons (Fsp3) is 0.250. The normalized spacial score (nSPS) is 19.0. The van der Waals surface area contributed by atoms with Gasteiger partial charge in [-0.15, -0.1) is 0 Å². The number of carbonyl (C=O) groups excluding carboxylic acids is 1. The van der Waals surface area contributed by atoms with Crippen LogP contribution in [0.4, 0.5) is 5.69 Å². The summed E-state index contributed by atoms with van der Waals surface area (Å²) in [4.78, 5) is 13.2. The van der Waals surface area contributed by atoms with Crippen LogP contribution in [-0.4, -0.2) is 34.6 Å². The number of hydrogen-bond donors (Lipinski definition) is 1. The standard InChI is InChI=1S/C20H19Cl2N3OS/c1-13(27)20(2)12-25(24-19(20)14-3-5-15(21)6-4-14)11-18(26)23-17-9-7-16(22)8-10-17/h3-10H,11-12H2,1-2H3,(H,23,26). The summed E-state index contributed by atoms with van der Waals surface area (Å²) < 4.78 is 0. The van der Waals surface area contributed by atoms with Crippen LogP contribution in [0.15, 0.2) is 53.6 Å². The summed E-state index contributed by atoms with van der Waals surface area (Å²) >= 11 is 17.4. The van der Waals surface area contributed by atoms with E-state index in [2.05, 4.69) is 12.2 Å². The van der Waals surface area contributed by atoms with Crippen LogP contribution in [0, 0.1) is 5.41 Å². The molecule has 1 aliphatic heterocycles. The fourth-order valence-electron chi connectivity index (χ4n) is 2.98. The molecule has 0 saturated carbocycles. The van der Waals surface area contributed by atoms with Gasteiger partial charge in [-0.25, -0.2) is 0 Å². The van der Waals surface area contributed by atoms with Crippen LogP contribution in [0.1, 0.15) is 19.4 Å². The minimum atomic E-state index is -0.413. The number of anilines is 1. The van der Waals surface area contributed by atoms with Gasteiger partial charge in [0.05, 0.1) is 17.7 Å². The lowest BCUT2D eigenvalue weighted by Crippen LogP contribution is -2.38. The van der Waals surface area contributed by atoms with Gasteiger partial charge in [0.15, 0.2) is 0 Å². The second-order valence-electron chi connectivity index (χ2n) is 6.72. The summed E-state index contributed by atoms with van der Waals surface area (Å²) in [6, 6.07) is 14.5. The van der Waals surface area contributed by atoms with Crippen molar-refractivity contribution in [2.45, 2.75) is 13.8 Å². The molecule has 1 unspecified atom stereocenters. The third-order valence-electron chi connectivity index (χ3n) is 4.61. The highest BCUT2D eigenvalue weighted by molar-refractivity contribution is 7.80. The second kappa shape index (κ2) is 7.97. The van der Waals surface area contributed by atoms with Crippen molar-refractivity contribution >= 4 is 57.6 Å². The number of rotatable bonds is 5. The third-order valence-corrected chi connectivity index (χ3v) is 5.57. The highest BCUT2D eigenvalue weighted by atomic mass is 35.5. The van der Waals surface area contributed by atoms with E-state index in [1.54, 1.807) is 29.3 Å². The predicted octanol–water partition coefficient (Wildman–Crippen LogP) is 5.05. The van der Waals surface area contributed by atoms with Crippen LogP contribution in [0.25, 0.3) is 0 Å². The fourth-order valence-corrected chi connectivity index (χ4v) is 3.39. The van der Waals surface area contributed by atoms with Crippen molar-refractivity contribution in [3.63, 3.8) is 0 Å². The van der Waals surface area contributed by atoms with E-state index < -0.39 is 5.41 Å². The minimum absolute atomic E-state index is 0.137. The molecule has 140 valence electrons. The van der Waals surface area contributed by atoms with Gasteiger partial charge in [0.2, 0.25) is 5.91 Å². The van der Waals surface area contributed by atoms with E-state index in [1.807, 2.05) is 31.2 Å². The summed E-state index contributed by atoms with van der Waals surface area (Å²) in [5, 5.41) is 10.6. The maximum absolute atomic E-state index is 12.4. The second-order valence-corrected chi connectivity index (χ2v) is 8.21. The molecule has 1 atom stereocenters. The largest absolute Gasteiger partial charge is 0.324 e. The van der Waals surface area contributed by atoms with Crippen LogP contribution in [0.2, 0.25) is 10.0 Å². The highest BCUT2D eigenvalue weighted by Gasteiger charge is 2.41. The van der Waals surface area contributed by atoms with Gasteiger partial charge in [0.25, 0.3) is 0 Å². The number of nitrogens with one attached hydrogen (secondary N) is 1. The van der Waals surface area contributed by atoms with E-state index >= 15 is 0 Å². The molecular formula is C20H19Cl2N3OS. The number of carbonyl (C=O) groups is 1. The first-order valence-corrected chi connectivity index (χ1v) is 9.61. The van der Waals surface area contributed by atoms with Crippen molar-refractivity contribution in [1.29, 1.82) is 0 Å². The average molecular weight is 420 g/mol. The molecule has 1 amide bonds. The smallest absolute Gasteiger partial charge is 0.245 e. The van der Waals surface area contributed by atoms with E-state index in [1.165, 1.54) is 0 Å².